The number of guanidine groups is 1. The second kappa shape index (κ2) is 9.64. The molecule has 0 spiro atoms. The van der Waals surface area contributed by atoms with Crippen LogP contribution in [0.1, 0.15) is 17.7 Å². The first-order chi connectivity index (χ1) is 14.1. The Balaban J connectivity index is 1.53. The SMILES string of the molecule is COc1ccc(NC(N)=NCCCc2cn(-c3ccccc3)nc2C)cc1OC. The van der Waals surface area contributed by atoms with Crippen molar-refractivity contribution in [3.8, 4) is 17.2 Å². The number of aryl methyl sites for hydroxylation is 2. The zero-order chi connectivity index (χ0) is 20.6. The first kappa shape index (κ1) is 20.3. The molecule has 0 atom stereocenters. The quantitative estimate of drug-likeness (QED) is 0.347. The van der Waals surface area contributed by atoms with Crippen molar-refractivity contribution >= 4 is 11.6 Å². The Morgan fingerprint density at radius 1 is 1.10 bits per heavy atom. The molecule has 0 fully saturated rings. The Hall–Kier alpha value is -3.48. The summed E-state index contributed by atoms with van der Waals surface area (Å²) in [6.45, 7) is 2.66. The minimum absolute atomic E-state index is 0.369. The molecule has 0 amide bonds. The predicted octanol–water partition coefficient (Wildman–Crippen LogP) is 3.56. The number of aliphatic imine (C=N–C) groups is 1. The molecule has 0 radical (unpaired) electrons. The summed E-state index contributed by atoms with van der Waals surface area (Å²) in [6, 6.07) is 15.6. The van der Waals surface area contributed by atoms with Crippen LogP contribution in [0.25, 0.3) is 5.69 Å². The molecule has 3 rings (SSSR count). The van der Waals surface area contributed by atoms with Gasteiger partial charge >= 0.3 is 0 Å². The van der Waals surface area contributed by atoms with Crippen LogP contribution in [0, 0.1) is 6.92 Å². The molecule has 0 saturated heterocycles. The molecule has 0 unspecified atom stereocenters. The zero-order valence-corrected chi connectivity index (χ0v) is 17.1. The summed E-state index contributed by atoms with van der Waals surface area (Å²) in [5, 5.41) is 7.68. The number of ether oxygens (including phenoxy) is 2. The van der Waals surface area contributed by atoms with Crippen LogP contribution in [0.2, 0.25) is 0 Å². The van der Waals surface area contributed by atoms with E-state index >= 15 is 0 Å². The van der Waals surface area contributed by atoms with E-state index in [0.717, 1.165) is 29.9 Å². The van der Waals surface area contributed by atoms with Crippen molar-refractivity contribution in [1.82, 2.24) is 9.78 Å². The van der Waals surface area contributed by atoms with Crippen molar-refractivity contribution in [2.75, 3.05) is 26.1 Å². The van der Waals surface area contributed by atoms with Crippen LogP contribution in [0.15, 0.2) is 59.7 Å². The first-order valence-corrected chi connectivity index (χ1v) is 9.50. The maximum Gasteiger partial charge on any atom is 0.193 e. The fourth-order valence-corrected chi connectivity index (χ4v) is 3.02. The molecule has 152 valence electrons. The average Bonchev–Trinajstić information content (AvgIpc) is 3.12. The number of hydrogen-bond acceptors (Lipinski definition) is 4. The van der Waals surface area contributed by atoms with Crippen LogP contribution in [0.4, 0.5) is 5.69 Å². The van der Waals surface area contributed by atoms with Gasteiger partial charge in [-0.2, -0.15) is 5.10 Å². The number of nitrogens with two attached hydrogens (primary N) is 1. The van der Waals surface area contributed by atoms with Gasteiger partial charge in [0.05, 0.1) is 25.6 Å². The maximum atomic E-state index is 6.01. The monoisotopic (exact) mass is 393 g/mol. The van der Waals surface area contributed by atoms with Crippen LogP contribution in [0.3, 0.4) is 0 Å². The molecule has 3 N–H and O–H groups in total. The highest BCUT2D eigenvalue weighted by molar-refractivity contribution is 5.92. The first-order valence-electron chi connectivity index (χ1n) is 9.50. The van der Waals surface area contributed by atoms with Gasteiger partial charge in [-0.1, -0.05) is 18.2 Å². The molecule has 0 bridgehead atoms. The van der Waals surface area contributed by atoms with E-state index in [9.17, 15) is 0 Å². The third-order valence-electron chi connectivity index (χ3n) is 4.56. The fraction of sp³-hybridized carbons (Fsp3) is 0.273. The molecular weight excluding hydrogens is 366 g/mol. The van der Waals surface area contributed by atoms with Crippen molar-refractivity contribution in [2.24, 2.45) is 10.7 Å². The van der Waals surface area contributed by atoms with Crippen molar-refractivity contribution in [1.29, 1.82) is 0 Å². The number of benzene rings is 2. The Kier molecular flexibility index (Phi) is 6.73. The van der Waals surface area contributed by atoms with E-state index < -0.39 is 0 Å². The zero-order valence-electron chi connectivity index (χ0n) is 17.1. The highest BCUT2D eigenvalue weighted by atomic mass is 16.5. The Labute approximate surface area is 171 Å². The molecule has 7 nitrogen and oxygen atoms in total. The van der Waals surface area contributed by atoms with Gasteiger partial charge in [-0.15, -0.1) is 0 Å². The van der Waals surface area contributed by atoms with E-state index in [2.05, 4.69) is 21.6 Å². The lowest BCUT2D eigenvalue weighted by molar-refractivity contribution is 0.355. The lowest BCUT2D eigenvalue weighted by atomic mass is 10.1. The summed E-state index contributed by atoms with van der Waals surface area (Å²) < 4.78 is 12.5. The molecule has 0 aliphatic rings. The van der Waals surface area contributed by atoms with Gasteiger partial charge in [-0.25, -0.2) is 4.68 Å². The molecule has 7 heteroatoms. The number of aromatic nitrogens is 2. The van der Waals surface area contributed by atoms with Gasteiger partial charge in [0.1, 0.15) is 0 Å². The van der Waals surface area contributed by atoms with Gasteiger partial charge in [0.2, 0.25) is 0 Å². The van der Waals surface area contributed by atoms with E-state index in [1.54, 1.807) is 14.2 Å². The van der Waals surface area contributed by atoms with E-state index in [1.807, 2.05) is 60.1 Å². The number of anilines is 1. The fourth-order valence-electron chi connectivity index (χ4n) is 3.02. The van der Waals surface area contributed by atoms with Crippen LogP contribution < -0.4 is 20.5 Å². The van der Waals surface area contributed by atoms with Crippen LogP contribution in [0.5, 0.6) is 11.5 Å². The van der Waals surface area contributed by atoms with Gasteiger partial charge in [-0.3, -0.25) is 4.99 Å². The minimum atomic E-state index is 0.369. The number of para-hydroxylation sites is 1. The van der Waals surface area contributed by atoms with E-state index in [1.165, 1.54) is 5.56 Å². The highest BCUT2D eigenvalue weighted by Crippen LogP contribution is 2.29. The van der Waals surface area contributed by atoms with Crippen LogP contribution >= 0.6 is 0 Å². The van der Waals surface area contributed by atoms with Crippen molar-refractivity contribution < 1.29 is 9.47 Å². The topological polar surface area (TPSA) is 86.7 Å². The number of hydrogen-bond donors (Lipinski definition) is 2. The molecule has 1 aromatic heterocycles. The smallest absolute Gasteiger partial charge is 0.193 e. The molecule has 0 aliphatic heterocycles. The number of methoxy groups -OCH3 is 2. The molecule has 0 aliphatic carbocycles. The molecule has 2 aromatic carbocycles. The second-order valence-corrected chi connectivity index (χ2v) is 6.59. The normalized spacial score (nSPS) is 11.3. The van der Waals surface area contributed by atoms with Gasteiger partial charge in [-0.05, 0) is 49.6 Å². The van der Waals surface area contributed by atoms with Crippen LogP contribution in [-0.2, 0) is 6.42 Å². The molecular formula is C22H27N5O2. The summed E-state index contributed by atoms with van der Waals surface area (Å²) in [6.07, 6.45) is 3.86. The van der Waals surface area contributed by atoms with Crippen LogP contribution in [-0.4, -0.2) is 36.5 Å². The predicted molar refractivity (Wildman–Crippen MR) is 116 cm³/mol. The van der Waals surface area contributed by atoms with E-state index in [0.29, 0.717) is 24.0 Å². The summed E-state index contributed by atoms with van der Waals surface area (Å²) in [5.41, 5.74) is 10.1. The lowest BCUT2D eigenvalue weighted by Crippen LogP contribution is -2.22. The van der Waals surface area contributed by atoms with Gasteiger partial charge < -0.3 is 20.5 Å². The summed E-state index contributed by atoms with van der Waals surface area (Å²) in [4.78, 5) is 4.41. The lowest BCUT2D eigenvalue weighted by Gasteiger charge is -2.10. The van der Waals surface area contributed by atoms with Crippen molar-refractivity contribution in [3.63, 3.8) is 0 Å². The third kappa shape index (κ3) is 5.28. The van der Waals surface area contributed by atoms with Gasteiger partial charge in [0.25, 0.3) is 0 Å². The number of rotatable bonds is 8. The Morgan fingerprint density at radius 2 is 1.86 bits per heavy atom. The molecule has 1 heterocycles. The highest BCUT2D eigenvalue weighted by Gasteiger charge is 2.07. The Morgan fingerprint density at radius 3 is 2.59 bits per heavy atom. The second-order valence-electron chi connectivity index (χ2n) is 6.59. The van der Waals surface area contributed by atoms with Gasteiger partial charge in [0.15, 0.2) is 17.5 Å². The third-order valence-corrected chi connectivity index (χ3v) is 4.56. The largest absolute Gasteiger partial charge is 0.493 e. The molecule has 29 heavy (non-hydrogen) atoms. The number of nitrogens with zero attached hydrogens (tertiary/aromatic N) is 3. The standard InChI is InChI=1S/C22H27N5O2/c1-16-17(15-27(26-16)19-9-5-4-6-10-19)8-7-13-24-22(23)25-18-11-12-20(28-2)21(14-18)29-3/h4-6,9-12,14-15H,7-8,13H2,1-3H3,(H3,23,24,25). The van der Waals surface area contributed by atoms with E-state index in [-0.39, 0.29) is 0 Å². The minimum Gasteiger partial charge on any atom is -0.493 e. The van der Waals surface area contributed by atoms with Gasteiger partial charge in [0, 0.05) is 24.5 Å². The van der Waals surface area contributed by atoms with Crippen molar-refractivity contribution in [2.45, 2.75) is 19.8 Å². The Bertz CT molecular complexity index is 967. The molecule has 3 aromatic rings. The summed E-state index contributed by atoms with van der Waals surface area (Å²) >= 11 is 0. The van der Waals surface area contributed by atoms with E-state index in [4.69, 9.17) is 15.2 Å². The molecule has 0 saturated carbocycles. The summed E-state index contributed by atoms with van der Waals surface area (Å²) in [7, 11) is 3.20. The average molecular weight is 393 g/mol. The summed E-state index contributed by atoms with van der Waals surface area (Å²) in [5.74, 6) is 1.67. The number of nitrogens with one attached hydrogen (secondary N) is 1. The van der Waals surface area contributed by atoms with Crippen molar-refractivity contribution in [3.05, 3.63) is 66.0 Å². The maximum absolute atomic E-state index is 6.01.